The van der Waals surface area contributed by atoms with Crippen molar-refractivity contribution in [3.63, 3.8) is 0 Å². The van der Waals surface area contributed by atoms with Crippen LogP contribution in [0.15, 0.2) is 30.5 Å². The second kappa shape index (κ2) is 4.62. The molecule has 0 aliphatic heterocycles. The van der Waals surface area contributed by atoms with E-state index in [9.17, 15) is 0 Å². The zero-order chi connectivity index (χ0) is 11.5. The van der Waals surface area contributed by atoms with Crippen LogP contribution in [0.4, 0.5) is 0 Å². The standard InChI is InChI=1S/C14H17NO/c1-10(2)14-13-8-11(9-16-3)4-5-12(13)6-7-15-14/h4-8,10H,9H2,1-3H3. The van der Waals surface area contributed by atoms with Gasteiger partial charge in [-0.05, 0) is 29.0 Å². The van der Waals surface area contributed by atoms with E-state index >= 15 is 0 Å². The van der Waals surface area contributed by atoms with E-state index in [4.69, 9.17) is 4.74 Å². The Morgan fingerprint density at radius 1 is 1.25 bits per heavy atom. The van der Waals surface area contributed by atoms with Crippen LogP contribution in [0.25, 0.3) is 10.8 Å². The van der Waals surface area contributed by atoms with Crippen LogP contribution in [0.5, 0.6) is 0 Å². The molecule has 2 heteroatoms. The molecule has 0 radical (unpaired) electrons. The number of methoxy groups -OCH3 is 1. The zero-order valence-electron chi connectivity index (χ0n) is 10.0. The molecule has 16 heavy (non-hydrogen) atoms. The van der Waals surface area contributed by atoms with Crippen molar-refractivity contribution in [3.05, 3.63) is 41.7 Å². The van der Waals surface area contributed by atoms with Crippen molar-refractivity contribution in [3.8, 4) is 0 Å². The molecule has 2 aromatic rings. The van der Waals surface area contributed by atoms with Crippen LogP contribution in [0.2, 0.25) is 0 Å². The molecule has 0 aliphatic carbocycles. The molecule has 0 saturated carbocycles. The quantitative estimate of drug-likeness (QED) is 0.781. The molecule has 0 atom stereocenters. The molecule has 1 aromatic carbocycles. The van der Waals surface area contributed by atoms with Gasteiger partial charge in [-0.1, -0.05) is 26.0 Å². The largest absolute Gasteiger partial charge is 0.380 e. The average Bonchev–Trinajstić information content (AvgIpc) is 2.28. The SMILES string of the molecule is COCc1ccc2ccnc(C(C)C)c2c1. The van der Waals surface area contributed by atoms with Crippen molar-refractivity contribution in [2.24, 2.45) is 0 Å². The fourth-order valence-corrected chi connectivity index (χ4v) is 1.95. The molecular weight excluding hydrogens is 198 g/mol. The number of pyridine rings is 1. The molecule has 2 nitrogen and oxygen atoms in total. The third-order valence-corrected chi connectivity index (χ3v) is 2.72. The Balaban J connectivity index is 2.59. The molecule has 0 aliphatic rings. The van der Waals surface area contributed by atoms with E-state index in [0.717, 1.165) is 5.69 Å². The Bertz CT molecular complexity index is 491. The minimum atomic E-state index is 0.446. The minimum Gasteiger partial charge on any atom is -0.380 e. The first kappa shape index (κ1) is 11.1. The first-order valence-electron chi connectivity index (χ1n) is 5.59. The van der Waals surface area contributed by atoms with Crippen LogP contribution in [0.3, 0.4) is 0 Å². The summed E-state index contributed by atoms with van der Waals surface area (Å²) in [4.78, 5) is 4.47. The third kappa shape index (κ3) is 2.07. The summed E-state index contributed by atoms with van der Waals surface area (Å²) in [6, 6.07) is 8.48. The van der Waals surface area contributed by atoms with Crippen molar-refractivity contribution in [2.75, 3.05) is 7.11 Å². The fourth-order valence-electron chi connectivity index (χ4n) is 1.95. The Kier molecular flexibility index (Phi) is 3.20. The van der Waals surface area contributed by atoms with Gasteiger partial charge in [-0.25, -0.2) is 0 Å². The highest BCUT2D eigenvalue weighted by Crippen LogP contribution is 2.24. The second-order valence-electron chi connectivity index (χ2n) is 4.34. The van der Waals surface area contributed by atoms with Gasteiger partial charge in [0.05, 0.1) is 12.3 Å². The van der Waals surface area contributed by atoms with Gasteiger partial charge in [-0.2, -0.15) is 0 Å². The lowest BCUT2D eigenvalue weighted by molar-refractivity contribution is 0.185. The maximum absolute atomic E-state index is 5.16. The summed E-state index contributed by atoms with van der Waals surface area (Å²) in [7, 11) is 1.72. The van der Waals surface area contributed by atoms with Crippen molar-refractivity contribution in [1.29, 1.82) is 0 Å². The highest BCUT2D eigenvalue weighted by molar-refractivity contribution is 5.85. The van der Waals surface area contributed by atoms with Crippen molar-refractivity contribution in [1.82, 2.24) is 4.98 Å². The molecule has 0 unspecified atom stereocenters. The summed E-state index contributed by atoms with van der Waals surface area (Å²) in [6.45, 7) is 5.00. The maximum Gasteiger partial charge on any atom is 0.0713 e. The summed E-state index contributed by atoms with van der Waals surface area (Å²) >= 11 is 0. The topological polar surface area (TPSA) is 22.1 Å². The fraction of sp³-hybridized carbons (Fsp3) is 0.357. The summed E-state index contributed by atoms with van der Waals surface area (Å²) in [5, 5.41) is 2.49. The summed E-state index contributed by atoms with van der Waals surface area (Å²) in [5.74, 6) is 0.446. The number of benzene rings is 1. The van der Waals surface area contributed by atoms with E-state index in [1.165, 1.54) is 16.3 Å². The number of ether oxygens (including phenoxy) is 1. The molecule has 0 saturated heterocycles. The van der Waals surface area contributed by atoms with E-state index in [2.05, 4.69) is 43.1 Å². The van der Waals surface area contributed by atoms with Crippen LogP contribution in [0, 0.1) is 0 Å². The molecule has 0 N–H and O–H groups in total. The molecular formula is C14H17NO. The van der Waals surface area contributed by atoms with Gasteiger partial charge in [0.25, 0.3) is 0 Å². The molecule has 84 valence electrons. The van der Waals surface area contributed by atoms with E-state index in [0.29, 0.717) is 12.5 Å². The molecule has 0 bridgehead atoms. The van der Waals surface area contributed by atoms with Crippen LogP contribution >= 0.6 is 0 Å². The maximum atomic E-state index is 5.16. The Morgan fingerprint density at radius 3 is 2.75 bits per heavy atom. The smallest absolute Gasteiger partial charge is 0.0713 e. The summed E-state index contributed by atoms with van der Waals surface area (Å²) in [6.07, 6.45) is 1.88. The normalized spacial score (nSPS) is 11.2. The predicted molar refractivity (Wildman–Crippen MR) is 66.5 cm³/mol. The van der Waals surface area contributed by atoms with Crippen molar-refractivity contribution in [2.45, 2.75) is 26.4 Å². The van der Waals surface area contributed by atoms with Gasteiger partial charge in [0, 0.05) is 18.7 Å². The van der Waals surface area contributed by atoms with Crippen molar-refractivity contribution < 1.29 is 4.74 Å². The zero-order valence-corrected chi connectivity index (χ0v) is 10.0. The van der Waals surface area contributed by atoms with E-state index < -0.39 is 0 Å². The van der Waals surface area contributed by atoms with Crippen LogP contribution in [0.1, 0.15) is 31.0 Å². The molecule has 0 amide bonds. The first-order valence-corrected chi connectivity index (χ1v) is 5.59. The number of fused-ring (bicyclic) bond motifs is 1. The van der Waals surface area contributed by atoms with Gasteiger partial charge in [-0.15, -0.1) is 0 Å². The predicted octanol–water partition coefficient (Wildman–Crippen LogP) is 3.50. The van der Waals surface area contributed by atoms with Crippen LogP contribution < -0.4 is 0 Å². The molecule has 1 aromatic heterocycles. The summed E-state index contributed by atoms with van der Waals surface area (Å²) < 4.78 is 5.16. The van der Waals surface area contributed by atoms with Gasteiger partial charge in [0.2, 0.25) is 0 Å². The molecule has 1 heterocycles. The number of hydrogen-bond donors (Lipinski definition) is 0. The lowest BCUT2D eigenvalue weighted by atomic mass is 10.0. The van der Waals surface area contributed by atoms with Gasteiger partial charge >= 0.3 is 0 Å². The Labute approximate surface area is 96.3 Å². The number of nitrogens with zero attached hydrogens (tertiary/aromatic N) is 1. The average molecular weight is 215 g/mol. The molecule has 0 spiro atoms. The number of rotatable bonds is 3. The monoisotopic (exact) mass is 215 g/mol. The van der Waals surface area contributed by atoms with Crippen LogP contribution in [-0.4, -0.2) is 12.1 Å². The van der Waals surface area contributed by atoms with Crippen LogP contribution in [-0.2, 0) is 11.3 Å². The minimum absolute atomic E-state index is 0.446. The first-order chi connectivity index (χ1) is 7.72. The lowest BCUT2D eigenvalue weighted by Crippen LogP contribution is -1.95. The van der Waals surface area contributed by atoms with E-state index in [1.807, 2.05) is 6.20 Å². The Hall–Kier alpha value is -1.41. The molecule has 0 fully saturated rings. The highest BCUT2D eigenvalue weighted by Gasteiger charge is 2.06. The van der Waals surface area contributed by atoms with Gasteiger partial charge in [0.1, 0.15) is 0 Å². The van der Waals surface area contributed by atoms with Gasteiger partial charge in [-0.3, -0.25) is 4.98 Å². The van der Waals surface area contributed by atoms with Gasteiger partial charge in [0.15, 0.2) is 0 Å². The van der Waals surface area contributed by atoms with E-state index in [1.54, 1.807) is 7.11 Å². The third-order valence-electron chi connectivity index (χ3n) is 2.72. The Morgan fingerprint density at radius 2 is 2.06 bits per heavy atom. The van der Waals surface area contributed by atoms with Crippen molar-refractivity contribution >= 4 is 10.8 Å². The number of aromatic nitrogens is 1. The van der Waals surface area contributed by atoms with E-state index in [-0.39, 0.29) is 0 Å². The highest BCUT2D eigenvalue weighted by atomic mass is 16.5. The summed E-state index contributed by atoms with van der Waals surface area (Å²) in [5.41, 5.74) is 2.36. The second-order valence-corrected chi connectivity index (χ2v) is 4.34. The molecule has 2 rings (SSSR count). The number of hydrogen-bond acceptors (Lipinski definition) is 2. The van der Waals surface area contributed by atoms with Gasteiger partial charge < -0.3 is 4.74 Å². The lowest BCUT2D eigenvalue weighted by Gasteiger charge is -2.10.